The third-order valence-corrected chi connectivity index (χ3v) is 8.21. The highest BCUT2D eigenvalue weighted by atomic mass is 16.4. The van der Waals surface area contributed by atoms with Gasteiger partial charge < -0.3 is 32.1 Å². The van der Waals surface area contributed by atoms with Crippen molar-refractivity contribution in [2.45, 2.75) is 63.7 Å². The maximum atomic E-state index is 13.9. The number of carboxylic acid groups (broad SMARTS) is 1. The highest BCUT2D eigenvalue weighted by Crippen LogP contribution is 2.16. The summed E-state index contributed by atoms with van der Waals surface area (Å²) in [6, 6.07) is 25.6. The average Bonchev–Trinajstić information content (AvgIpc) is 3.10. The Bertz CT molecular complexity index is 1850. The van der Waals surface area contributed by atoms with E-state index >= 15 is 0 Å². The lowest BCUT2D eigenvalue weighted by atomic mass is 10.00. The van der Waals surface area contributed by atoms with Gasteiger partial charge in [-0.05, 0) is 46.4 Å². The number of amides is 5. The number of rotatable bonds is 17. The molecule has 0 aliphatic rings. The first-order chi connectivity index (χ1) is 24.4. The number of carbonyl (C=O) groups is 6. The molecule has 4 atom stereocenters. The fourth-order valence-corrected chi connectivity index (χ4v) is 5.61. The minimum atomic E-state index is -1.59. The van der Waals surface area contributed by atoms with E-state index in [1.165, 1.54) is 0 Å². The normalized spacial score (nSPS) is 13.3. The van der Waals surface area contributed by atoms with E-state index < -0.39 is 66.1 Å². The third kappa shape index (κ3) is 11.5. The number of nitrogens with one attached hydrogen (secondary N) is 4. The quantitative estimate of drug-likeness (QED) is 0.0978. The average molecular weight is 694 g/mol. The van der Waals surface area contributed by atoms with Gasteiger partial charge in [0.15, 0.2) is 0 Å². The van der Waals surface area contributed by atoms with Crippen LogP contribution < -0.4 is 27.0 Å². The Hall–Kier alpha value is -6.04. The molecule has 0 radical (unpaired) electrons. The zero-order valence-electron chi connectivity index (χ0n) is 28.5. The van der Waals surface area contributed by atoms with E-state index in [2.05, 4.69) is 21.3 Å². The lowest BCUT2D eigenvalue weighted by Gasteiger charge is -2.26. The van der Waals surface area contributed by atoms with Gasteiger partial charge in [-0.25, -0.2) is 0 Å². The molecule has 4 rings (SSSR count). The number of hydrogen-bond donors (Lipinski definition) is 6. The fourth-order valence-electron chi connectivity index (χ4n) is 5.61. The van der Waals surface area contributed by atoms with Crippen molar-refractivity contribution in [3.63, 3.8) is 0 Å². The number of primary amides is 1. The molecule has 0 heterocycles. The van der Waals surface area contributed by atoms with Gasteiger partial charge in [0, 0.05) is 18.4 Å². The van der Waals surface area contributed by atoms with Gasteiger partial charge in [0.05, 0.1) is 6.42 Å². The van der Waals surface area contributed by atoms with Crippen LogP contribution in [-0.4, -0.2) is 64.8 Å². The lowest BCUT2D eigenvalue weighted by Crippen LogP contribution is -2.59. The summed E-state index contributed by atoms with van der Waals surface area (Å²) in [6.07, 6.45) is -0.500. The van der Waals surface area contributed by atoms with Crippen LogP contribution in [-0.2, 0) is 36.8 Å². The number of aliphatic carboxylic acids is 1. The van der Waals surface area contributed by atoms with Crippen molar-refractivity contribution in [2.75, 3.05) is 0 Å². The summed E-state index contributed by atoms with van der Waals surface area (Å²) in [7, 11) is 0. The number of hydrogen-bond acceptors (Lipinski definition) is 6. The molecule has 0 spiro atoms. The first-order valence-electron chi connectivity index (χ1n) is 16.7. The summed E-state index contributed by atoms with van der Waals surface area (Å²) in [6.45, 7) is 3.66. The van der Waals surface area contributed by atoms with Gasteiger partial charge in [-0.1, -0.05) is 105 Å². The Balaban J connectivity index is 1.52. The van der Waals surface area contributed by atoms with Crippen LogP contribution in [0.1, 0.15) is 48.2 Å². The molecule has 266 valence electrons. The topological polar surface area (TPSA) is 197 Å². The summed E-state index contributed by atoms with van der Waals surface area (Å²) in [4.78, 5) is 78.3. The van der Waals surface area contributed by atoms with E-state index in [0.29, 0.717) is 11.1 Å². The highest BCUT2D eigenvalue weighted by Gasteiger charge is 2.32. The van der Waals surface area contributed by atoms with Crippen molar-refractivity contribution in [3.8, 4) is 0 Å². The van der Waals surface area contributed by atoms with Crippen LogP contribution in [0.2, 0.25) is 0 Å². The predicted molar refractivity (Wildman–Crippen MR) is 192 cm³/mol. The van der Waals surface area contributed by atoms with Gasteiger partial charge in [0.1, 0.15) is 24.2 Å². The zero-order chi connectivity index (χ0) is 36.9. The van der Waals surface area contributed by atoms with Crippen LogP contribution in [0.25, 0.3) is 10.8 Å². The molecule has 0 saturated carbocycles. The van der Waals surface area contributed by atoms with Crippen LogP contribution in [0.3, 0.4) is 0 Å². The first-order valence-corrected chi connectivity index (χ1v) is 16.7. The van der Waals surface area contributed by atoms with Crippen molar-refractivity contribution in [2.24, 2.45) is 11.7 Å². The Morgan fingerprint density at radius 1 is 0.588 bits per heavy atom. The minimum absolute atomic E-state index is 0.0510. The zero-order valence-corrected chi connectivity index (χ0v) is 28.5. The molecule has 12 heteroatoms. The second-order valence-electron chi connectivity index (χ2n) is 12.8. The number of nitrogens with two attached hydrogens (primary N) is 1. The Labute approximate surface area is 296 Å². The van der Waals surface area contributed by atoms with Gasteiger partial charge in [0.25, 0.3) is 5.91 Å². The van der Waals surface area contributed by atoms with E-state index in [4.69, 9.17) is 5.73 Å². The van der Waals surface area contributed by atoms with Gasteiger partial charge >= 0.3 is 5.97 Å². The summed E-state index contributed by atoms with van der Waals surface area (Å²) >= 11 is 0. The third-order valence-electron chi connectivity index (χ3n) is 8.21. The number of carbonyl (C=O) groups excluding carboxylic acids is 5. The van der Waals surface area contributed by atoms with Gasteiger partial charge in [-0.15, -0.1) is 0 Å². The molecule has 51 heavy (non-hydrogen) atoms. The van der Waals surface area contributed by atoms with Crippen LogP contribution in [0.5, 0.6) is 0 Å². The summed E-state index contributed by atoms with van der Waals surface area (Å²) in [5, 5.41) is 21.8. The summed E-state index contributed by atoms with van der Waals surface area (Å²) < 4.78 is 0. The molecule has 12 nitrogen and oxygen atoms in total. The molecular weight excluding hydrogens is 650 g/mol. The molecule has 0 aromatic heterocycles. The fraction of sp³-hybridized carbons (Fsp3) is 0.282. The van der Waals surface area contributed by atoms with Gasteiger partial charge in [-0.2, -0.15) is 0 Å². The van der Waals surface area contributed by atoms with Crippen molar-refractivity contribution >= 4 is 46.3 Å². The van der Waals surface area contributed by atoms with E-state index in [1.54, 1.807) is 54.6 Å². The molecule has 0 bridgehead atoms. The molecule has 5 amide bonds. The Kier molecular flexibility index (Phi) is 13.4. The molecule has 4 aromatic rings. The van der Waals surface area contributed by atoms with E-state index in [-0.39, 0.29) is 25.2 Å². The van der Waals surface area contributed by atoms with E-state index in [0.717, 1.165) is 16.3 Å². The molecule has 0 saturated heterocycles. The monoisotopic (exact) mass is 693 g/mol. The molecule has 0 aliphatic heterocycles. The van der Waals surface area contributed by atoms with E-state index in [9.17, 15) is 33.9 Å². The van der Waals surface area contributed by atoms with Gasteiger partial charge in [-0.3, -0.25) is 28.8 Å². The predicted octanol–water partition coefficient (Wildman–Crippen LogP) is 2.88. The van der Waals surface area contributed by atoms with Crippen molar-refractivity contribution in [1.82, 2.24) is 21.3 Å². The van der Waals surface area contributed by atoms with Crippen LogP contribution in [0.4, 0.5) is 0 Å². The molecular formula is C39H43N5O7. The Morgan fingerprint density at radius 2 is 1.08 bits per heavy atom. The number of carboxylic acids is 1. The Morgan fingerprint density at radius 3 is 1.65 bits per heavy atom. The highest BCUT2D eigenvalue weighted by molar-refractivity contribution is 6.01. The van der Waals surface area contributed by atoms with Crippen LogP contribution in [0, 0.1) is 5.92 Å². The van der Waals surface area contributed by atoms with Gasteiger partial charge in [0.2, 0.25) is 23.6 Å². The summed E-state index contributed by atoms with van der Waals surface area (Å²) in [5.74, 6) is -5.20. The molecule has 0 fully saturated rings. The van der Waals surface area contributed by atoms with Crippen LogP contribution in [0.15, 0.2) is 103 Å². The number of benzene rings is 4. The molecule has 0 unspecified atom stereocenters. The second-order valence-corrected chi connectivity index (χ2v) is 12.8. The maximum Gasteiger partial charge on any atom is 0.305 e. The van der Waals surface area contributed by atoms with Crippen LogP contribution >= 0.6 is 0 Å². The molecule has 0 aliphatic carbocycles. The van der Waals surface area contributed by atoms with Crippen molar-refractivity contribution in [3.05, 3.63) is 120 Å². The molecule has 4 aromatic carbocycles. The lowest BCUT2D eigenvalue weighted by molar-refractivity contribution is -0.141. The van der Waals surface area contributed by atoms with Crippen molar-refractivity contribution < 1.29 is 33.9 Å². The SMILES string of the molecule is CC(C)C[C@H](NC(=O)[C@H](Cc1ccccc1)NC(=O)c1ccc2ccccc2c1)C(=O)N[C@@H](CC(=O)O)C(=O)N[C@@H](Cc1ccccc1)C(N)=O. The standard InChI is InChI=1S/C39H43N5O7/c1-24(2)19-31(37(49)44-33(23-34(45)46)39(51)41-30(35(40)47)20-25-11-5-3-6-12-25)43-38(50)32(21-26-13-7-4-8-14-26)42-36(48)29-18-17-27-15-9-10-16-28(27)22-29/h3-18,22,24,30-33H,19-21,23H2,1-2H3,(H2,40,47)(H,41,51)(H,42,48)(H,43,50)(H,44,49)(H,45,46)/t30-,31-,32-,33-/m0/s1. The smallest absolute Gasteiger partial charge is 0.305 e. The number of fused-ring (bicyclic) bond motifs is 1. The van der Waals surface area contributed by atoms with Crippen molar-refractivity contribution in [1.29, 1.82) is 0 Å². The first kappa shape index (κ1) is 37.8. The largest absolute Gasteiger partial charge is 0.481 e. The minimum Gasteiger partial charge on any atom is -0.481 e. The second kappa shape index (κ2) is 18.1. The van der Waals surface area contributed by atoms with E-state index in [1.807, 2.05) is 62.4 Å². The summed E-state index contributed by atoms with van der Waals surface area (Å²) in [5.41, 5.74) is 7.35. The molecule has 7 N–H and O–H groups in total. The maximum absolute atomic E-state index is 13.9.